The molecule has 1 heterocycles. The van der Waals surface area contributed by atoms with Crippen LogP contribution in [0.15, 0.2) is 18.2 Å². The molecule has 0 atom stereocenters. The van der Waals surface area contributed by atoms with E-state index in [0.717, 1.165) is 13.0 Å². The predicted octanol–water partition coefficient (Wildman–Crippen LogP) is 3.73. The van der Waals surface area contributed by atoms with Crippen LogP contribution >= 0.6 is 0 Å². The Kier molecular flexibility index (Phi) is 4.31. The largest absolute Gasteiger partial charge is 0.347 e. The summed E-state index contributed by atoms with van der Waals surface area (Å²) in [6, 6.07) is 7.22. The van der Waals surface area contributed by atoms with E-state index in [0.29, 0.717) is 6.04 Å². The first kappa shape index (κ1) is 14.1. The predicted molar refractivity (Wildman–Crippen MR) is 83.9 cm³/mol. The van der Waals surface area contributed by atoms with Crippen LogP contribution in [-0.4, -0.2) is 17.2 Å². The van der Waals surface area contributed by atoms with E-state index in [1.165, 1.54) is 34.1 Å². The zero-order valence-corrected chi connectivity index (χ0v) is 12.9. The lowest BCUT2D eigenvalue weighted by Gasteiger charge is -2.08. The number of rotatable bonds is 5. The van der Waals surface area contributed by atoms with Gasteiger partial charge in [-0.3, -0.25) is 0 Å². The van der Waals surface area contributed by atoms with Gasteiger partial charge in [0.2, 0.25) is 0 Å². The molecule has 104 valence electrons. The van der Waals surface area contributed by atoms with Gasteiger partial charge in [0.05, 0.1) is 5.52 Å². The minimum absolute atomic E-state index is 0.579. The van der Waals surface area contributed by atoms with Gasteiger partial charge < -0.3 is 9.88 Å². The molecule has 1 aromatic carbocycles. The molecule has 0 radical (unpaired) electrons. The number of aromatic nitrogens is 1. The number of aryl methyl sites for hydroxylation is 3. The lowest BCUT2D eigenvalue weighted by molar-refractivity contribution is 0.570. The minimum atomic E-state index is 0.579. The lowest BCUT2D eigenvalue weighted by atomic mass is 10.0. The van der Waals surface area contributed by atoms with Gasteiger partial charge in [0.15, 0.2) is 0 Å². The van der Waals surface area contributed by atoms with E-state index in [9.17, 15) is 0 Å². The van der Waals surface area contributed by atoms with Crippen LogP contribution in [0.1, 0.15) is 37.1 Å². The molecule has 0 aliphatic rings. The maximum atomic E-state index is 3.49. The summed E-state index contributed by atoms with van der Waals surface area (Å²) in [6.07, 6.45) is 2.36. The minimum Gasteiger partial charge on any atom is -0.347 e. The van der Waals surface area contributed by atoms with E-state index in [1.54, 1.807) is 0 Å². The van der Waals surface area contributed by atoms with Gasteiger partial charge in [-0.1, -0.05) is 32.0 Å². The van der Waals surface area contributed by atoms with Crippen LogP contribution in [0.5, 0.6) is 0 Å². The van der Waals surface area contributed by atoms with Gasteiger partial charge >= 0.3 is 0 Å². The van der Waals surface area contributed by atoms with E-state index in [2.05, 4.69) is 62.8 Å². The topological polar surface area (TPSA) is 17.0 Å². The first-order chi connectivity index (χ1) is 9.02. The molecule has 2 nitrogen and oxygen atoms in total. The van der Waals surface area contributed by atoms with Crippen molar-refractivity contribution in [1.82, 2.24) is 9.88 Å². The summed E-state index contributed by atoms with van der Waals surface area (Å²) >= 11 is 0. The van der Waals surface area contributed by atoms with Crippen molar-refractivity contribution in [2.45, 2.75) is 46.6 Å². The Morgan fingerprint density at radius 1 is 1.21 bits per heavy atom. The molecule has 1 N–H and O–H groups in total. The number of para-hydroxylation sites is 1. The fourth-order valence-electron chi connectivity index (χ4n) is 2.88. The number of nitrogens with zero attached hydrogens (tertiary/aromatic N) is 1. The van der Waals surface area contributed by atoms with Crippen molar-refractivity contribution in [3.8, 4) is 0 Å². The Bertz CT molecular complexity index is 564. The van der Waals surface area contributed by atoms with Crippen molar-refractivity contribution in [2.75, 3.05) is 6.54 Å². The highest BCUT2D eigenvalue weighted by atomic mass is 14.9. The van der Waals surface area contributed by atoms with Crippen molar-refractivity contribution >= 4 is 10.9 Å². The Balaban J connectivity index is 2.23. The second-order valence-electron chi connectivity index (χ2n) is 5.81. The molecule has 2 heteroatoms. The SMILES string of the molecule is Cc1cccc2c(CCCNC(C)C)c(C)n(C)c12. The van der Waals surface area contributed by atoms with Crippen LogP contribution in [0.25, 0.3) is 10.9 Å². The third-order valence-corrected chi connectivity index (χ3v) is 3.99. The van der Waals surface area contributed by atoms with Crippen LogP contribution in [0.2, 0.25) is 0 Å². The molecule has 0 aliphatic heterocycles. The summed E-state index contributed by atoms with van der Waals surface area (Å²) in [4.78, 5) is 0. The van der Waals surface area contributed by atoms with E-state index >= 15 is 0 Å². The maximum Gasteiger partial charge on any atom is 0.0512 e. The van der Waals surface area contributed by atoms with Crippen LogP contribution in [0.3, 0.4) is 0 Å². The average Bonchev–Trinajstić information content (AvgIpc) is 2.60. The van der Waals surface area contributed by atoms with Crippen molar-refractivity contribution in [1.29, 1.82) is 0 Å². The first-order valence-corrected chi connectivity index (χ1v) is 7.29. The molecule has 0 saturated carbocycles. The molecular weight excluding hydrogens is 232 g/mol. The lowest BCUT2D eigenvalue weighted by Crippen LogP contribution is -2.23. The second kappa shape index (κ2) is 5.79. The first-order valence-electron chi connectivity index (χ1n) is 7.29. The molecule has 0 fully saturated rings. The highest BCUT2D eigenvalue weighted by Gasteiger charge is 2.12. The molecule has 0 spiro atoms. The van der Waals surface area contributed by atoms with Crippen molar-refractivity contribution in [2.24, 2.45) is 7.05 Å². The summed E-state index contributed by atoms with van der Waals surface area (Å²) in [6.45, 7) is 9.94. The van der Waals surface area contributed by atoms with Crippen LogP contribution in [0.4, 0.5) is 0 Å². The normalized spacial score (nSPS) is 11.7. The third kappa shape index (κ3) is 2.84. The molecule has 2 aromatic rings. The van der Waals surface area contributed by atoms with E-state index in [4.69, 9.17) is 0 Å². The molecule has 0 aliphatic carbocycles. The smallest absolute Gasteiger partial charge is 0.0512 e. The fourth-order valence-corrected chi connectivity index (χ4v) is 2.88. The van der Waals surface area contributed by atoms with E-state index < -0.39 is 0 Å². The molecule has 19 heavy (non-hydrogen) atoms. The number of hydrogen-bond acceptors (Lipinski definition) is 1. The molecule has 1 aromatic heterocycles. The van der Waals surface area contributed by atoms with Crippen LogP contribution < -0.4 is 5.32 Å². The summed E-state index contributed by atoms with van der Waals surface area (Å²) < 4.78 is 2.34. The highest BCUT2D eigenvalue weighted by molar-refractivity contribution is 5.88. The van der Waals surface area contributed by atoms with Crippen molar-refractivity contribution < 1.29 is 0 Å². The van der Waals surface area contributed by atoms with Gasteiger partial charge in [-0.25, -0.2) is 0 Å². The number of fused-ring (bicyclic) bond motifs is 1. The zero-order valence-electron chi connectivity index (χ0n) is 12.9. The van der Waals surface area contributed by atoms with Crippen molar-refractivity contribution in [3.63, 3.8) is 0 Å². The number of benzene rings is 1. The zero-order chi connectivity index (χ0) is 14.0. The second-order valence-corrected chi connectivity index (χ2v) is 5.81. The van der Waals surface area contributed by atoms with Crippen molar-refractivity contribution in [3.05, 3.63) is 35.0 Å². The third-order valence-electron chi connectivity index (χ3n) is 3.99. The Morgan fingerprint density at radius 2 is 1.95 bits per heavy atom. The summed E-state index contributed by atoms with van der Waals surface area (Å²) in [5, 5.41) is 4.93. The molecule has 0 amide bonds. The van der Waals surface area contributed by atoms with Gasteiger partial charge in [0, 0.05) is 24.2 Å². The van der Waals surface area contributed by atoms with E-state index in [-0.39, 0.29) is 0 Å². The average molecular weight is 258 g/mol. The monoisotopic (exact) mass is 258 g/mol. The Hall–Kier alpha value is -1.28. The number of nitrogens with one attached hydrogen (secondary N) is 1. The number of hydrogen-bond donors (Lipinski definition) is 1. The Labute approximate surface area is 116 Å². The van der Waals surface area contributed by atoms with Gasteiger partial charge in [0.1, 0.15) is 0 Å². The molecule has 0 bridgehead atoms. The van der Waals surface area contributed by atoms with Crippen LogP contribution in [0, 0.1) is 13.8 Å². The Morgan fingerprint density at radius 3 is 2.63 bits per heavy atom. The molecule has 0 saturated heterocycles. The van der Waals surface area contributed by atoms with E-state index in [1.807, 2.05) is 0 Å². The molecule has 2 rings (SSSR count). The fraction of sp³-hybridized carbons (Fsp3) is 0.529. The molecular formula is C17H26N2. The summed E-state index contributed by atoms with van der Waals surface area (Å²) in [5.74, 6) is 0. The molecule has 0 unspecified atom stereocenters. The summed E-state index contributed by atoms with van der Waals surface area (Å²) in [5.41, 5.74) is 5.70. The van der Waals surface area contributed by atoms with Crippen LogP contribution in [-0.2, 0) is 13.5 Å². The van der Waals surface area contributed by atoms with Gasteiger partial charge in [-0.2, -0.15) is 0 Å². The van der Waals surface area contributed by atoms with Gasteiger partial charge in [0.25, 0.3) is 0 Å². The van der Waals surface area contributed by atoms with Gasteiger partial charge in [-0.05, 0) is 44.4 Å². The maximum absolute atomic E-state index is 3.49. The highest BCUT2D eigenvalue weighted by Crippen LogP contribution is 2.28. The quantitative estimate of drug-likeness (QED) is 0.809. The summed E-state index contributed by atoms with van der Waals surface area (Å²) in [7, 11) is 2.18. The standard InChI is InChI=1S/C17H26N2/c1-12(2)18-11-7-10-15-14(4)19(5)17-13(3)8-6-9-16(15)17/h6,8-9,12,18H,7,10-11H2,1-5H3. The van der Waals surface area contributed by atoms with Gasteiger partial charge in [-0.15, -0.1) is 0 Å².